The normalized spacial score (nSPS) is 15.0. The third-order valence-corrected chi connectivity index (χ3v) is 4.77. The smallest absolute Gasteiger partial charge is 0.420 e. The Morgan fingerprint density at radius 3 is 2.71 bits per heavy atom. The molecule has 9 heteroatoms. The molecule has 1 fully saturated rings. The van der Waals surface area contributed by atoms with Crippen molar-refractivity contribution in [3.63, 3.8) is 0 Å². The molecule has 0 radical (unpaired) electrons. The van der Waals surface area contributed by atoms with Crippen molar-refractivity contribution < 1.29 is 13.9 Å². The van der Waals surface area contributed by atoms with E-state index in [-0.39, 0.29) is 17.1 Å². The lowest BCUT2D eigenvalue weighted by Gasteiger charge is -2.33. The Morgan fingerprint density at radius 1 is 1.25 bits per heavy atom. The fraction of sp³-hybridized carbons (Fsp3) is 0.368. The summed E-state index contributed by atoms with van der Waals surface area (Å²) in [5.74, 6) is 1.20. The van der Waals surface area contributed by atoms with E-state index in [4.69, 9.17) is 9.47 Å². The van der Waals surface area contributed by atoms with Gasteiger partial charge in [-0.2, -0.15) is 0 Å². The number of aryl methyl sites for hydroxylation is 1. The van der Waals surface area contributed by atoms with E-state index in [0.29, 0.717) is 11.6 Å². The number of fused-ring (bicyclic) bond motifs is 1. The van der Waals surface area contributed by atoms with E-state index in [1.54, 1.807) is 25.4 Å². The van der Waals surface area contributed by atoms with Crippen LogP contribution in [-0.2, 0) is 0 Å². The van der Waals surface area contributed by atoms with Crippen molar-refractivity contribution in [1.82, 2.24) is 15.0 Å². The number of hydrogen-bond acceptors (Lipinski definition) is 8. The van der Waals surface area contributed by atoms with Gasteiger partial charge in [0, 0.05) is 32.0 Å². The lowest BCUT2D eigenvalue weighted by Crippen LogP contribution is -2.39. The molecule has 4 rings (SSSR count). The topological polar surface area (TPSA) is 111 Å². The van der Waals surface area contributed by atoms with Crippen LogP contribution in [0.2, 0.25) is 0 Å². The fourth-order valence-electron chi connectivity index (χ4n) is 3.37. The molecule has 3 aromatic heterocycles. The number of anilines is 1. The van der Waals surface area contributed by atoms with Gasteiger partial charge in [0.15, 0.2) is 5.65 Å². The molecule has 1 aliphatic rings. The first-order valence-electron chi connectivity index (χ1n) is 9.00. The van der Waals surface area contributed by atoms with E-state index in [1.165, 1.54) is 0 Å². The first kappa shape index (κ1) is 18.0. The minimum Gasteiger partial charge on any atom is -0.489 e. The number of piperidine rings is 1. The predicted octanol–water partition coefficient (Wildman–Crippen LogP) is 1.64. The van der Waals surface area contributed by atoms with Crippen molar-refractivity contribution in [2.75, 3.05) is 25.1 Å². The molecule has 4 heterocycles. The highest BCUT2D eigenvalue weighted by Gasteiger charge is 2.23. The van der Waals surface area contributed by atoms with Crippen LogP contribution in [0.5, 0.6) is 11.6 Å². The summed E-state index contributed by atoms with van der Waals surface area (Å²) in [4.78, 5) is 36.5. The number of rotatable bonds is 4. The van der Waals surface area contributed by atoms with Crippen molar-refractivity contribution >= 4 is 16.9 Å². The zero-order chi connectivity index (χ0) is 19.7. The standard InChI is InChI=1S/C19H20N4O5/c1-11-9-14-16(22-19(25)28-18(14)24)21-17(11)23-7-5-12(6-8-23)27-13-3-4-15(26-2)20-10-13/h3-4,9-10,12H,5-8H2,1-2H3,(H,21,22,25). The molecule has 1 N–H and O–H groups in total. The number of H-pyrrole nitrogens is 1. The molecule has 0 spiro atoms. The van der Waals surface area contributed by atoms with E-state index in [2.05, 4.69) is 24.3 Å². The predicted molar refractivity (Wildman–Crippen MR) is 102 cm³/mol. The van der Waals surface area contributed by atoms with E-state index < -0.39 is 11.4 Å². The molecule has 28 heavy (non-hydrogen) atoms. The Hall–Kier alpha value is -3.36. The minimum absolute atomic E-state index is 0.0825. The summed E-state index contributed by atoms with van der Waals surface area (Å²) in [6.07, 6.45) is 3.37. The molecule has 0 saturated carbocycles. The van der Waals surface area contributed by atoms with Crippen LogP contribution in [-0.4, -0.2) is 41.3 Å². The van der Waals surface area contributed by atoms with Crippen molar-refractivity contribution in [2.45, 2.75) is 25.9 Å². The number of pyridine rings is 2. The summed E-state index contributed by atoms with van der Waals surface area (Å²) in [6.45, 7) is 3.39. The zero-order valence-corrected chi connectivity index (χ0v) is 15.6. The maximum absolute atomic E-state index is 11.8. The molecule has 0 amide bonds. The number of aromatic nitrogens is 3. The summed E-state index contributed by atoms with van der Waals surface area (Å²) in [5.41, 5.74) is 0.413. The number of methoxy groups -OCH3 is 1. The summed E-state index contributed by atoms with van der Waals surface area (Å²) in [6, 6.07) is 5.31. The Labute approximate surface area is 159 Å². The van der Waals surface area contributed by atoms with Gasteiger partial charge < -0.3 is 18.8 Å². The number of aromatic amines is 1. The lowest BCUT2D eigenvalue weighted by atomic mass is 10.1. The number of nitrogens with one attached hydrogen (secondary N) is 1. The van der Waals surface area contributed by atoms with Gasteiger partial charge in [0.1, 0.15) is 23.1 Å². The minimum atomic E-state index is -0.806. The van der Waals surface area contributed by atoms with Gasteiger partial charge in [0.25, 0.3) is 0 Å². The summed E-state index contributed by atoms with van der Waals surface area (Å²) in [7, 11) is 1.57. The molecule has 146 valence electrons. The molecule has 0 aliphatic carbocycles. The van der Waals surface area contributed by atoms with E-state index in [1.807, 2.05) is 13.0 Å². The van der Waals surface area contributed by atoms with Gasteiger partial charge in [-0.05, 0) is 24.6 Å². The third-order valence-electron chi connectivity index (χ3n) is 4.77. The molecule has 3 aromatic rings. The van der Waals surface area contributed by atoms with E-state index >= 15 is 0 Å². The number of nitrogens with zero attached hydrogens (tertiary/aromatic N) is 3. The average Bonchev–Trinajstić information content (AvgIpc) is 2.69. The number of ether oxygens (including phenoxy) is 2. The van der Waals surface area contributed by atoms with Gasteiger partial charge in [-0.25, -0.2) is 19.6 Å². The number of hydrogen-bond donors (Lipinski definition) is 1. The first-order valence-corrected chi connectivity index (χ1v) is 9.00. The molecular formula is C19H20N4O5. The monoisotopic (exact) mass is 384 g/mol. The highest BCUT2D eigenvalue weighted by Crippen LogP contribution is 2.25. The third kappa shape index (κ3) is 3.55. The molecule has 0 atom stereocenters. The van der Waals surface area contributed by atoms with Crippen LogP contribution in [0.15, 0.2) is 38.4 Å². The molecule has 0 bridgehead atoms. The summed E-state index contributed by atoms with van der Waals surface area (Å²) in [5, 5.41) is 0.270. The van der Waals surface area contributed by atoms with Gasteiger partial charge >= 0.3 is 11.4 Å². The average molecular weight is 384 g/mol. The summed E-state index contributed by atoms with van der Waals surface area (Å²) >= 11 is 0. The van der Waals surface area contributed by atoms with Crippen molar-refractivity contribution in [2.24, 2.45) is 0 Å². The van der Waals surface area contributed by atoms with E-state index in [9.17, 15) is 9.59 Å². The lowest BCUT2D eigenvalue weighted by molar-refractivity contribution is 0.170. The Bertz CT molecular complexity index is 1100. The van der Waals surface area contributed by atoms with Crippen molar-refractivity contribution in [3.05, 3.63) is 50.9 Å². The molecule has 0 unspecified atom stereocenters. The van der Waals surface area contributed by atoms with Crippen LogP contribution in [0, 0.1) is 6.92 Å². The Morgan fingerprint density at radius 2 is 2.04 bits per heavy atom. The Balaban J connectivity index is 1.48. The van der Waals surface area contributed by atoms with Crippen LogP contribution >= 0.6 is 0 Å². The highest BCUT2D eigenvalue weighted by atomic mass is 16.5. The largest absolute Gasteiger partial charge is 0.489 e. The molecule has 1 aliphatic heterocycles. The van der Waals surface area contributed by atoms with Crippen LogP contribution in [0.4, 0.5) is 5.82 Å². The molecular weight excluding hydrogens is 364 g/mol. The van der Waals surface area contributed by atoms with Crippen LogP contribution in [0.25, 0.3) is 11.0 Å². The zero-order valence-electron chi connectivity index (χ0n) is 15.6. The van der Waals surface area contributed by atoms with Crippen LogP contribution < -0.4 is 25.8 Å². The van der Waals surface area contributed by atoms with Gasteiger partial charge in [-0.3, -0.25) is 4.98 Å². The van der Waals surface area contributed by atoms with Gasteiger partial charge in [-0.1, -0.05) is 0 Å². The van der Waals surface area contributed by atoms with Crippen LogP contribution in [0.1, 0.15) is 18.4 Å². The maximum Gasteiger partial charge on any atom is 0.420 e. The second kappa shape index (κ2) is 7.34. The molecule has 9 nitrogen and oxygen atoms in total. The van der Waals surface area contributed by atoms with Gasteiger partial charge in [0.2, 0.25) is 5.88 Å². The second-order valence-electron chi connectivity index (χ2n) is 6.67. The SMILES string of the molecule is COc1ccc(OC2CCN(c3nc4[nH]c(=O)oc(=O)c4cc3C)CC2)cn1. The van der Waals surface area contributed by atoms with Crippen molar-refractivity contribution in [1.29, 1.82) is 0 Å². The molecule has 1 saturated heterocycles. The van der Waals surface area contributed by atoms with Crippen LogP contribution in [0.3, 0.4) is 0 Å². The second-order valence-corrected chi connectivity index (χ2v) is 6.67. The van der Waals surface area contributed by atoms with Gasteiger partial charge in [-0.15, -0.1) is 0 Å². The Kier molecular flexibility index (Phi) is 4.72. The van der Waals surface area contributed by atoms with Crippen molar-refractivity contribution in [3.8, 4) is 11.6 Å². The molecule has 0 aromatic carbocycles. The maximum atomic E-state index is 11.8. The van der Waals surface area contributed by atoms with E-state index in [0.717, 1.165) is 37.3 Å². The first-order chi connectivity index (χ1) is 13.5. The summed E-state index contributed by atoms with van der Waals surface area (Å²) < 4.78 is 15.6. The van der Waals surface area contributed by atoms with Gasteiger partial charge in [0.05, 0.1) is 13.3 Å². The fourth-order valence-corrected chi connectivity index (χ4v) is 3.37. The highest BCUT2D eigenvalue weighted by molar-refractivity contribution is 5.76. The quantitative estimate of drug-likeness (QED) is 0.723.